The Bertz CT molecular complexity index is 2760. The summed E-state index contributed by atoms with van der Waals surface area (Å²) in [5.41, 5.74) is 6.86. The summed E-state index contributed by atoms with van der Waals surface area (Å²) in [6, 6.07) is 12.2. The lowest BCUT2D eigenvalue weighted by Crippen LogP contribution is -2.60. The van der Waals surface area contributed by atoms with Crippen molar-refractivity contribution >= 4 is 82.7 Å². The number of rotatable bonds is 14. The molecule has 27 heteroatoms. The van der Waals surface area contributed by atoms with Gasteiger partial charge in [-0.25, -0.2) is 0 Å². The third-order valence-electron chi connectivity index (χ3n) is 13.0. The number of primary amides is 1. The highest BCUT2D eigenvalue weighted by Crippen LogP contribution is 2.17. The number of hydrogen-bond donors (Lipinski definition) is 11. The van der Waals surface area contributed by atoms with E-state index in [9.17, 15) is 72.9 Å². The van der Waals surface area contributed by atoms with Crippen molar-refractivity contribution < 1.29 is 72.9 Å². The summed E-state index contributed by atoms with van der Waals surface area (Å²) in [6.45, 7) is 2.18. The fourth-order valence-corrected chi connectivity index (χ4v) is 9.40. The Balaban J connectivity index is 1.80. The molecule has 12 N–H and O–H groups in total. The van der Waals surface area contributed by atoms with Gasteiger partial charge in [-0.2, -0.15) is 0 Å². The van der Waals surface area contributed by atoms with Crippen LogP contribution in [0.2, 0.25) is 0 Å². The zero-order valence-electron chi connectivity index (χ0n) is 46.4. The number of likely N-dealkylation sites (N-methyl/N-ethyl adjacent to an activating group) is 3. The van der Waals surface area contributed by atoms with Crippen LogP contribution in [0.3, 0.4) is 0 Å². The number of thioether (sulfide) groups is 1. The number of carbonyl (C=O) groups is 12. The van der Waals surface area contributed by atoms with Crippen LogP contribution in [0.15, 0.2) is 84.9 Å². The van der Waals surface area contributed by atoms with Gasteiger partial charge >= 0.3 is 5.97 Å². The zero-order chi connectivity index (χ0) is 60.8. The molecule has 11 amide bonds. The number of aliphatic hydroxyl groups is 1. The van der Waals surface area contributed by atoms with Gasteiger partial charge in [-0.05, 0) is 48.1 Å². The van der Waals surface area contributed by atoms with E-state index >= 15 is 0 Å². The Morgan fingerprint density at radius 3 is 1.71 bits per heavy atom. The molecule has 1 saturated heterocycles. The Morgan fingerprint density at radius 1 is 0.622 bits per heavy atom. The van der Waals surface area contributed by atoms with E-state index in [1.165, 1.54) is 52.3 Å². The van der Waals surface area contributed by atoms with Gasteiger partial charge in [0.05, 0.1) is 31.5 Å². The number of nitrogens with one attached hydrogen (secondary N) is 7. The average Bonchev–Trinajstić information content (AvgIpc) is 3.54. The van der Waals surface area contributed by atoms with E-state index in [0.29, 0.717) is 16.7 Å². The van der Waals surface area contributed by atoms with Gasteiger partial charge in [-0.1, -0.05) is 86.6 Å². The quantitative estimate of drug-likeness (QED) is 0.0784. The Morgan fingerprint density at radius 2 is 1.15 bits per heavy atom. The van der Waals surface area contributed by atoms with E-state index < -0.39 is 163 Å². The largest absolute Gasteiger partial charge is 0.508 e. The average molecular weight is 1160 g/mol. The van der Waals surface area contributed by atoms with Crippen molar-refractivity contribution in [3.05, 3.63) is 102 Å². The van der Waals surface area contributed by atoms with Crippen LogP contribution in [-0.2, 0) is 76.8 Å². The maximum absolute atomic E-state index is 14.8. The van der Waals surface area contributed by atoms with Gasteiger partial charge in [-0.3, -0.25) is 57.5 Å². The molecule has 0 saturated carbocycles. The van der Waals surface area contributed by atoms with Crippen molar-refractivity contribution in [1.82, 2.24) is 51.9 Å². The van der Waals surface area contributed by atoms with Crippen LogP contribution in [0.1, 0.15) is 50.3 Å². The summed E-state index contributed by atoms with van der Waals surface area (Å²) in [6.07, 6.45) is -3.15. The molecule has 8 atom stereocenters. The van der Waals surface area contributed by atoms with Gasteiger partial charge in [0.2, 0.25) is 65.0 Å². The number of aliphatic hydroxyl groups excluding tert-OH is 1. The van der Waals surface area contributed by atoms with E-state index in [2.05, 4.69) is 37.2 Å². The highest BCUT2D eigenvalue weighted by Gasteiger charge is 2.38. The highest BCUT2D eigenvalue weighted by atomic mass is 32.2. The summed E-state index contributed by atoms with van der Waals surface area (Å²) in [5, 5.41) is 48.0. The first-order valence-corrected chi connectivity index (χ1v) is 27.3. The molecular formula is C55H73N11O15S. The molecule has 82 heavy (non-hydrogen) atoms. The van der Waals surface area contributed by atoms with Gasteiger partial charge in [0.25, 0.3) is 0 Å². The molecule has 444 valence electrons. The summed E-state index contributed by atoms with van der Waals surface area (Å²) < 4.78 is 0. The van der Waals surface area contributed by atoms with Crippen molar-refractivity contribution in [3.63, 3.8) is 0 Å². The number of nitrogens with two attached hydrogens (primary N) is 1. The molecule has 0 aromatic heterocycles. The SMILES string of the molecule is CC(C)C1NC(=O)[C@H](Cc2ccccc2)NC(=O)CSC[C@@H](C(=O)NCC(N)=O)NC(=O)[C@H]([C@@H](C)O)NC(=O)CN(C)C(=O)[C@H](Cc2ccccc2)N(C)C(=O)[C@H](Cc2ccc(O)cc2)NC(=O)CN(C)C(=O)[C@H](CCC(=O)O)NC1=O. The number of aromatic hydroxyl groups is 1. The topological polar surface area (TPSA) is 385 Å². The molecule has 1 aliphatic heterocycles. The maximum Gasteiger partial charge on any atom is 0.303 e. The number of amides is 11. The van der Waals surface area contributed by atoms with Gasteiger partial charge in [0.15, 0.2) is 0 Å². The second-order valence-corrected chi connectivity index (χ2v) is 21.1. The number of carboxylic acid groups (broad SMARTS) is 1. The van der Waals surface area contributed by atoms with E-state index in [1.54, 1.807) is 74.5 Å². The molecule has 0 radical (unpaired) electrons. The number of phenols is 1. The fraction of sp³-hybridized carbons (Fsp3) is 0.455. The molecule has 3 aromatic carbocycles. The molecule has 1 unspecified atom stereocenters. The van der Waals surface area contributed by atoms with E-state index in [4.69, 9.17) is 5.73 Å². The second-order valence-electron chi connectivity index (χ2n) is 20.1. The summed E-state index contributed by atoms with van der Waals surface area (Å²) in [7, 11) is 3.76. The van der Waals surface area contributed by atoms with Crippen molar-refractivity contribution in [1.29, 1.82) is 0 Å². The number of aliphatic carboxylic acids is 1. The zero-order valence-corrected chi connectivity index (χ0v) is 47.2. The van der Waals surface area contributed by atoms with E-state index in [1.807, 2.05) is 0 Å². The van der Waals surface area contributed by atoms with Crippen LogP contribution in [0.4, 0.5) is 0 Å². The van der Waals surface area contributed by atoms with Crippen molar-refractivity contribution in [2.45, 2.75) is 101 Å². The number of benzene rings is 3. The first kappa shape index (κ1) is 65.9. The standard InChI is InChI=1S/C55H73N11O15S/c1-31(2)47-51(77)60-37(21-22-46(73)74)53(79)64(4)27-43(70)59-39(24-35-17-19-36(68)20-18-35)54(80)66(6)41(25-34-15-11-8-12-16-34)55(81)65(5)28-44(71)62-48(32(3)67)52(78)61-40(49(75)57-26-42(56)69)29-82-30-45(72)58-38(50(76)63-47)23-33-13-9-7-10-14-33/h7-20,31-32,37-41,47-48,67-68H,21-30H2,1-6H3,(H2,56,69)(H,57,75)(H,58,72)(H,59,70)(H,60,77)(H,61,78)(H,62,71)(H,63,76)(H,73,74)/t32-,37+,38+,39+,40+,41+,47?,48+/m1/s1. The van der Waals surface area contributed by atoms with E-state index in [-0.39, 0.29) is 30.8 Å². The number of carbonyl (C=O) groups excluding carboxylic acids is 11. The van der Waals surface area contributed by atoms with Crippen LogP contribution >= 0.6 is 11.8 Å². The van der Waals surface area contributed by atoms with Crippen LogP contribution in [0, 0.1) is 5.92 Å². The minimum atomic E-state index is -1.76. The molecule has 3 aromatic rings. The molecule has 1 aliphatic rings. The number of carboxylic acids is 1. The van der Waals surface area contributed by atoms with Crippen molar-refractivity contribution in [2.24, 2.45) is 11.7 Å². The molecule has 1 heterocycles. The Kier molecular flexibility index (Phi) is 25.7. The van der Waals surface area contributed by atoms with Crippen LogP contribution in [0.5, 0.6) is 5.75 Å². The Labute approximate surface area is 478 Å². The predicted molar refractivity (Wildman–Crippen MR) is 298 cm³/mol. The summed E-state index contributed by atoms with van der Waals surface area (Å²) >= 11 is 0.804. The molecule has 1 fully saturated rings. The fourth-order valence-electron chi connectivity index (χ4n) is 8.55. The smallest absolute Gasteiger partial charge is 0.303 e. The first-order chi connectivity index (χ1) is 38.7. The lowest BCUT2D eigenvalue weighted by molar-refractivity contribution is -0.147. The number of hydrogen-bond acceptors (Lipinski definition) is 15. The molecule has 0 spiro atoms. The molecular weight excluding hydrogens is 1090 g/mol. The minimum absolute atomic E-state index is 0.0986. The monoisotopic (exact) mass is 1160 g/mol. The van der Waals surface area contributed by atoms with Gasteiger partial charge in [0, 0.05) is 52.6 Å². The molecule has 0 aliphatic carbocycles. The maximum atomic E-state index is 14.8. The van der Waals surface area contributed by atoms with Crippen LogP contribution in [-0.4, -0.2) is 202 Å². The third-order valence-corrected chi connectivity index (χ3v) is 14.0. The Hall–Kier alpha value is -8.59. The normalized spacial score (nSPS) is 22.6. The molecule has 26 nitrogen and oxygen atoms in total. The van der Waals surface area contributed by atoms with Crippen molar-refractivity contribution in [2.75, 3.05) is 52.3 Å². The third kappa shape index (κ3) is 21.1. The van der Waals surface area contributed by atoms with E-state index in [0.717, 1.165) is 26.5 Å². The first-order valence-electron chi connectivity index (χ1n) is 26.2. The van der Waals surface area contributed by atoms with Crippen LogP contribution in [0.25, 0.3) is 0 Å². The predicted octanol–water partition coefficient (Wildman–Crippen LogP) is -2.68. The number of nitrogens with zero attached hydrogens (tertiary/aromatic N) is 3. The van der Waals surface area contributed by atoms with Crippen molar-refractivity contribution in [3.8, 4) is 5.75 Å². The lowest BCUT2D eigenvalue weighted by Gasteiger charge is -2.34. The second kappa shape index (κ2) is 32.0. The highest BCUT2D eigenvalue weighted by molar-refractivity contribution is 8.00. The minimum Gasteiger partial charge on any atom is -0.508 e. The van der Waals surface area contributed by atoms with Crippen LogP contribution < -0.4 is 43.0 Å². The summed E-state index contributed by atoms with van der Waals surface area (Å²) in [5.74, 6) is -12.8. The molecule has 4 rings (SSSR count). The van der Waals surface area contributed by atoms with Gasteiger partial charge in [0.1, 0.15) is 48.0 Å². The van der Waals surface area contributed by atoms with Gasteiger partial charge in [-0.15, -0.1) is 11.8 Å². The van der Waals surface area contributed by atoms with Gasteiger partial charge < -0.3 is 73.0 Å². The number of phenolic OH excluding ortho intramolecular Hbond substituents is 1. The summed E-state index contributed by atoms with van der Waals surface area (Å²) in [4.78, 5) is 167. The lowest BCUT2D eigenvalue weighted by atomic mass is 10.00. The molecule has 0 bridgehead atoms.